The van der Waals surface area contributed by atoms with Gasteiger partial charge >= 0.3 is 0 Å². The van der Waals surface area contributed by atoms with Gasteiger partial charge in [0, 0.05) is 38.4 Å². The largest absolute Gasteiger partial charge is 0.345 e. The van der Waals surface area contributed by atoms with Crippen LogP contribution in [-0.4, -0.2) is 47.1 Å². The van der Waals surface area contributed by atoms with Crippen LogP contribution in [0, 0.1) is 11.8 Å². The van der Waals surface area contributed by atoms with Gasteiger partial charge in [-0.2, -0.15) is 0 Å². The summed E-state index contributed by atoms with van der Waals surface area (Å²) >= 11 is 1.80. The van der Waals surface area contributed by atoms with Crippen LogP contribution >= 0.6 is 11.3 Å². The number of pyridine rings is 1. The number of hydrogen-bond donors (Lipinski definition) is 0. The quantitative estimate of drug-likeness (QED) is 0.853. The molecule has 3 aliphatic rings. The average molecular weight is 300 g/mol. The molecule has 2 atom stereocenters. The molecule has 21 heavy (non-hydrogen) atoms. The van der Waals surface area contributed by atoms with Crippen LogP contribution in [0.4, 0.5) is 5.13 Å². The molecule has 0 aromatic carbocycles. The van der Waals surface area contributed by atoms with Gasteiger partial charge in [-0.1, -0.05) is 17.8 Å². The zero-order valence-corrected chi connectivity index (χ0v) is 12.9. The first kappa shape index (κ1) is 12.4. The van der Waals surface area contributed by atoms with Crippen LogP contribution < -0.4 is 4.90 Å². The second-order valence-electron chi connectivity index (χ2n) is 6.80. The molecular formula is C16H20N4S. The summed E-state index contributed by atoms with van der Waals surface area (Å²) in [7, 11) is 0. The van der Waals surface area contributed by atoms with Gasteiger partial charge in [0.2, 0.25) is 0 Å². The van der Waals surface area contributed by atoms with Crippen LogP contribution in [0.15, 0.2) is 18.5 Å². The van der Waals surface area contributed by atoms with E-state index in [1.165, 1.54) is 42.2 Å². The Hall–Kier alpha value is -1.20. The summed E-state index contributed by atoms with van der Waals surface area (Å²) in [5.41, 5.74) is 1.04. The summed E-state index contributed by atoms with van der Waals surface area (Å²) in [5, 5.41) is 1.17. The van der Waals surface area contributed by atoms with E-state index in [9.17, 15) is 0 Å². The SMILES string of the molecule is c1cc2sc(N3CC(N4CC5CCCC5C4)C3)nc2cn1. The van der Waals surface area contributed by atoms with Crippen molar-refractivity contribution in [2.75, 3.05) is 31.1 Å². The maximum absolute atomic E-state index is 4.72. The summed E-state index contributed by atoms with van der Waals surface area (Å²) in [6.45, 7) is 5.03. The number of hydrogen-bond acceptors (Lipinski definition) is 5. The Bertz CT molecular complexity index is 618. The molecule has 2 saturated heterocycles. The fourth-order valence-electron chi connectivity index (χ4n) is 4.32. The standard InChI is InChI=1S/C16H20N4S/c1-2-11-7-19(8-12(11)3-1)13-9-20(10-13)16-18-14-6-17-5-4-15(14)21-16/h4-6,11-13H,1-3,7-10H2. The van der Waals surface area contributed by atoms with Crippen molar-refractivity contribution >= 4 is 26.7 Å². The number of anilines is 1. The molecule has 2 unspecified atom stereocenters. The zero-order chi connectivity index (χ0) is 13.8. The van der Waals surface area contributed by atoms with Crippen molar-refractivity contribution in [2.24, 2.45) is 11.8 Å². The monoisotopic (exact) mass is 300 g/mol. The Balaban J connectivity index is 1.26. The molecule has 4 nitrogen and oxygen atoms in total. The molecular weight excluding hydrogens is 280 g/mol. The number of rotatable bonds is 2. The van der Waals surface area contributed by atoms with Crippen molar-refractivity contribution in [2.45, 2.75) is 25.3 Å². The van der Waals surface area contributed by atoms with Crippen molar-refractivity contribution in [3.05, 3.63) is 18.5 Å². The van der Waals surface area contributed by atoms with Crippen LogP contribution in [0.5, 0.6) is 0 Å². The number of nitrogens with zero attached hydrogens (tertiary/aromatic N) is 4. The molecule has 110 valence electrons. The van der Waals surface area contributed by atoms with Crippen molar-refractivity contribution in [3.63, 3.8) is 0 Å². The van der Waals surface area contributed by atoms with E-state index < -0.39 is 0 Å². The zero-order valence-electron chi connectivity index (χ0n) is 12.1. The Labute approximate surface area is 128 Å². The Morgan fingerprint density at radius 2 is 1.90 bits per heavy atom. The minimum Gasteiger partial charge on any atom is -0.345 e. The summed E-state index contributed by atoms with van der Waals surface area (Å²) in [4.78, 5) is 14.1. The molecule has 0 spiro atoms. The van der Waals surface area contributed by atoms with Crippen LogP contribution in [0.3, 0.4) is 0 Å². The number of thiazole rings is 1. The molecule has 0 N–H and O–H groups in total. The second kappa shape index (κ2) is 4.65. The van der Waals surface area contributed by atoms with Crippen LogP contribution in [0.2, 0.25) is 0 Å². The first-order valence-corrected chi connectivity index (χ1v) is 8.88. The smallest absolute Gasteiger partial charge is 0.186 e. The first-order chi connectivity index (χ1) is 10.4. The molecule has 0 radical (unpaired) electrons. The fourth-order valence-corrected chi connectivity index (χ4v) is 5.27. The summed E-state index contributed by atoms with van der Waals surface area (Å²) in [5.74, 6) is 2.01. The van der Waals surface area contributed by atoms with Gasteiger partial charge in [0.15, 0.2) is 5.13 Å². The molecule has 2 aromatic heterocycles. The van der Waals surface area contributed by atoms with E-state index in [1.54, 1.807) is 11.3 Å². The number of fused-ring (bicyclic) bond motifs is 2. The highest BCUT2D eigenvalue weighted by molar-refractivity contribution is 7.22. The topological polar surface area (TPSA) is 32.3 Å². The lowest BCUT2D eigenvalue weighted by molar-refractivity contribution is 0.190. The average Bonchev–Trinajstić information content (AvgIpc) is 3.09. The summed E-state index contributed by atoms with van der Waals surface area (Å²) < 4.78 is 1.25. The molecule has 2 aromatic rings. The normalized spacial score (nSPS) is 30.0. The molecule has 5 rings (SSSR count). The highest BCUT2D eigenvalue weighted by Crippen LogP contribution is 2.40. The van der Waals surface area contributed by atoms with E-state index in [2.05, 4.69) is 20.9 Å². The molecule has 3 fully saturated rings. The third-order valence-corrected chi connectivity index (χ3v) is 6.68. The molecule has 0 bridgehead atoms. The van der Waals surface area contributed by atoms with E-state index in [0.29, 0.717) is 0 Å². The predicted molar refractivity (Wildman–Crippen MR) is 85.8 cm³/mol. The van der Waals surface area contributed by atoms with Gasteiger partial charge in [-0.15, -0.1) is 0 Å². The third kappa shape index (κ3) is 1.98. The predicted octanol–water partition coefficient (Wildman–Crippen LogP) is 2.61. The Morgan fingerprint density at radius 1 is 1.10 bits per heavy atom. The van der Waals surface area contributed by atoms with Crippen molar-refractivity contribution in [1.29, 1.82) is 0 Å². The molecule has 1 saturated carbocycles. The minimum absolute atomic E-state index is 0.765. The second-order valence-corrected chi connectivity index (χ2v) is 7.81. The summed E-state index contributed by atoms with van der Waals surface area (Å²) in [6.07, 6.45) is 8.14. The highest BCUT2D eigenvalue weighted by Gasteiger charge is 2.42. The number of likely N-dealkylation sites (tertiary alicyclic amines) is 1. The maximum atomic E-state index is 4.72. The fraction of sp³-hybridized carbons (Fsp3) is 0.625. The van der Waals surface area contributed by atoms with Crippen LogP contribution in [0.25, 0.3) is 10.2 Å². The van der Waals surface area contributed by atoms with E-state index in [1.807, 2.05) is 12.4 Å². The van der Waals surface area contributed by atoms with E-state index >= 15 is 0 Å². The van der Waals surface area contributed by atoms with E-state index in [4.69, 9.17) is 4.98 Å². The summed E-state index contributed by atoms with van der Waals surface area (Å²) in [6, 6.07) is 2.83. The van der Waals surface area contributed by atoms with Gasteiger partial charge in [0.25, 0.3) is 0 Å². The van der Waals surface area contributed by atoms with Gasteiger partial charge in [0.05, 0.1) is 10.9 Å². The molecule has 5 heteroatoms. The van der Waals surface area contributed by atoms with Crippen molar-refractivity contribution in [1.82, 2.24) is 14.9 Å². The van der Waals surface area contributed by atoms with Gasteiger partial charge in [0.1, 0.15) is 5.52 Å². The maximum Gasteiger partial charge on any atom is 0.186 e. The molecule has 1 aliphatic carbocycles. The van der Waals surface area contributed by atoms with E-state index in [-0.39, 0.29) is 0 Å². The van der Waals surface area contributed by atoms with Crippen molar-refractivity contribution < 1.29 is 0 Å². The van der Waals surface area contributed by atoms with Crippen LogP contribution in [0.1, 0.15) is 19.3 Å². The lowest BCUT2D eigenvalue weighted by Crippen LogP contribution is -2.59. The highest BCUT2D eigenvalue weighted by atomic mass is 32.1. The van der Waals surface area contributed by atoms with Gasteiger partial charge in [-0.3, -0.25) is 9.88 Å². The van der Waals surface area contributed by atoms with Gasteiger partial charge in [-0.25, -0.2) is 4.98 Å². The Morgan fingerprint density at radius 3 is 2.67 bits per heavy atom. The molecule has 4 heterocycles. The van der Waals surface area contributed by atoms with Crippen LogP contribution in [-0.2, 0) is 0 Å². The van der Waals surface area contributed by atoms with Gasteiger partial charge in [-0.05, 0) is 30.7 Å². The van der Waals surface area contributed by atoms with Crippen molar-refractivity contribution in [3.8, 4) is 0 Å². The third-order valence-electron chi connectivity index (χ3n) is 5.58. The minimum atomic E-state index is 0.765. The lowest BCUT2D eigenvalue weighted by atomic mass is 10.0. The number of aromatic nitrogens is 2. The molecule has 2 aliphatic heterocycles. The van der Waals surface area contributed by atoms with Gasteiger partial charge < -0.3 is 4.90 Å². The molecule has 0 amide bonds. The first-order valence-electron chi connectivity index (χ1n) is 8.06. The Kier molecular flexibility index (Phi) is 2.73. The lowest BCUT2D eigenvalue weighted by Gasteiger charge is -2.44. The van der Waals surface area contributed by atoms with E-state index in [0.717, 1.165) is 36.5 Å².